The maximum Gasteiger partial charge on any atom is 0.232 e. The van der Waals surface area contributed by atoms with E-state index < -0.39 is 0 Å². The fourth-order valence-corrected chi connectivity index (χ4v) is 4.05. The highest BCUT2D eigenvalue weighted by atomic mass is 35.5. The van der Waals surface area contributed by atoms with Crippen molar-refractivity contribution >= 4 is 23.5 Å². The Morgan fingerprint density at radius 2 is 1.97 bits per heavy atom. The fraction of sp³-hybridized carbons (Fsp3) is 0.160. The van der Waals surface area contributed by atoms with Gasteiger partial charge in [0.15, 0.2) is 12.6 Å². The Morgan fingerprint density at radius 1 is 1.13 bits per heavy atom. The first-order chi connectivity index (χ1) is 15.1. The van der Waals surface area contributed by atoms with Crippen LogP contribution in [0.4, 0.5) is 0 Å². The van der Waals surface area contributed by atoms with Crippen LogP contribution >= 0.6 is 11.6 Å². The summed E-state index contributed by atoms with van der Waals surface area (Å²) in [6.07, 6.45) is 1.75. The first-order valence-electron chi connectivity index (χ1n) is 9.87. The van der Waals surface area contributed by atoms with E-state index in [1.165, 1.54) is 0 Å². The van der Waals surface area contributed by atoms with Crippen molar-refractivity contribution in [3.8, 4) is 17.2 Å². The number of allylic oxidation sites excluding steroid dienone is 1. The molecular formula is C25H19ClO5. The highest BCUT2D eigenvalue weighted by Crippen LogP contribution is 2.38. The molecule has 0 bridgehead atoms. The number of aryl methyl sites for hydroxylation is 1. The van der Waals surface area contributed by atoms with E-state index >= 15 is 0 Å². The van der Waals surface area contributed by atoms with Crippen LogP contribution in [0.3, 0.4) is 0 Å². The van der Waals surface area contributed by atoms with Crippen molar-refractivity contribution in [3.05, 3.63) is 93.2 Å². The maximum absolute atomic E-state index is 12.8. The van der Waals surface area contributed by atoms with Crippen molar-refractivity contribution < 1.29 is 23.7 Å². The van der Waals surface area contributed by atoms with Crippen LogP contribution < -0.4 is 14.2 Å². The van der Waals surface area contributed by atoms with Gasteiger partial charge in [0, 0.05) is 22.2 Å². The molecule has 5 nitrogen and oxygen atoms in total. The molecule has 0 aromatic heterocycles. The number of halogens is 1. The van der Waals surface area contributed by atoms with E-state index in [1.54, 1.807) is 12.1 Å². The SMILES string of the molecule is Cc1cc(OCc2cc(Cl)cc3c2OCOC3)cc2c1C(=O)/C(=C/c1ccccc1)O2. The number of carbonyl (C=O) groups excluding carboxylic acids is 1. The number of Topliss-reactive ketones (excluding diaryl/α,β-unsaturated/α-hetero) is 1. The van der Waals surface area contributed by atoms with Crippen molar-refractivity contribution in [1.29, 1.82) is 0 Å². The summed E-state index contributed by atoms with van der Waals surface area (Å²) in [5.74, 6) is 2.03. The Bertz CT molecular complexity index is 1200. The summed E-state index contributed by atoms with van der Waals surface area (Å²) in [6, 6.07) is 16.9. The third-order valence-electron chi connectivity index (χ3n) is 5.19. The van der Waals surface area contributed by atoms with Crippen molar-refractivity contribution in [2.75, 3.05) is 6.79 Å². The smallest absolute Gasteiger partial charge is 0.232 e. The fourth-order valence-electron chi connectivity index (χ4n) is 3.79. The van der Waals surface area contributed by atoms with Crippen LogP contribution in [0.2, 0.25) is 5.02 Å². The number of benzene rings is 3. The number of ether oxygens (including phenoxy) is 4. The van der Waals surface area contributed by atoms with Gasteiger partial charge in [-0.1, -0.05) is 41.9 Å². The van der Waals surface area contributed by atoms with Gasteiger partial charge in [-0.2, -0.15) is 0 Å². The molecule has 2 aliphatic rings. The average Bonchev–Trinajstić information content (AvgIpc) is 3.08. The number of rotatable bonds is 4. The second-order valence-corrected chi connectivity index (χ2v) is 7.85. The molecule has 5 rings (SSSR count). The monoisotopic (exact) mass is 434 g/mol. The van der Waals surface area contributed by atoms with Crippen LogP contribution in [0.1, 0.15) is 32.6 Å². The molecule has 2 heterocycles. The third-order valence-corrected chi connectivity index (χ3v) is 5.41. The number of carbonyl (C=O) groups is 1. The summed E-state index contributed by atoms with van der Waals surface area (Å²) in [5.41, 5.74) is 4.00. The summed E-state index contributed by atoms with van der Waals surface area (Å²) in [5, 5.41) is 0.598. The van der Waals surface area contributed by atoms with E-state index in [9.17, 15) is 4.79 Å². The maximum atomic E-state index is 12.8. The van der Waals surface area contributed by atoms with Gasteiger partial charge in [-0.25, -0.2) is 0 Å². The molecule has 0 aliphatic carbocycles. The molecule has 0 fully saturated rings. The van der Waals surface area contributed by atoms with Crippen molar-refractivity contribution in [1.82, 2.24) is 0 Å². The minimum Gasteiger partial charge on any atom is -0.489 e. The van der Waals surface area contributed by atoms with Crippen LogP contribution in [0.5, 0.6) is 17.2 Å². The average molecular weight is 435 g/mol. The predicted octanol–water partition coefficient (Wildman–Crippen LogP) is 5.71. The molecule has 3 aromatic carbocycles. The molecule has 6 heteroatoms. The number of hydrogen-bond donors (Lipinski definition) is 0. The lowest BCUT2D eigenvalue weighted by atomic mass is 10.0. The molecule has 0 saturated carbocycles. The standard InChI is InChI=1S/C25H19ClO5/c1-15-7-20(29-13-18-10-19(26)9-17-12-28-14-30-25(17)18)11-21-23(15)24(27)22(31-21)8-16-5-3-2-4-6-16/h2-11H,12-14H2,1H3/b22-8-. The van der Waals surface area contributed by atoms with Gasteiger partial charge >= 0.3 is 0 Å². The number of hydrogen-bond acceptors (Lipinski definition) is 5. The Kier molecular flexibility index (Phi) is 5.14. The molecule has 31 heavy (non-hydrogen) atoms. The van der Waals surface area contributed by atoms with Gasteiger partial charge in [-0.05, 0) is 42.3 Å². The largest absolute Gasteiger partial charge is 0.489 e. The van der Waals surface area contributed by atoms with Crippen LogP contribution in [0.25, 0.3) is 6.08 Å². The van der Waals surface area contributed by atoms with Crippen molar-refractivity contribution in [2.45, 2.75) is 20.1 Å². The zero-order chi connectivity index (χ0) is 21.4. The zero-order valence-corrected chi connectivity index (χ0v) is 17.6. The van der Waals surface area contributed by atoms with E-state index in [0.717, 1.165) is 28.0 Å². The van der Waals surface area contributed by atoms with E-state index in [1.807, 2.05) is 55.5 Å². The molecule has 0 unspecified atom stereocenters. The second kappa shape index (κ2) is 8.10. The summed E-state index contributed by atoms with van der Waals surface area (Å²) in [6.45, 7) is 2.79. The molecule has 0 N–H and O–H groups in total. The Hall–Kier alpha value is -3.28. The lowest BCUT2D eigenvalue weighted by molar-refractivity contribution is -0.0175. The minimum atomic E-state index is -0.125. The summed E-state index contributed by atoms with van der Waals surface area (Å²) in [4.78, 5) is 12.8. The molecule has 156 valence electrons. The van der Waals surface area contributed by atoms with Crippen molar-refractivity contribution in [3.63, 3.8) is 0 Å². The lowest BCUT2D eigenvalue weighted by Crippen LogP contribution is -2.14. The molecular weight excluding hydrogens is 416 g/mol. The molecule has 0 radical (unpaired) electrons. The summed E-state index contributed by atoms with van der Waals surface area (Å²) < 4.78 is 22.9. The Balaban J connectivity index is 1.39. The number of fused-ring (bicyclic) bond motifs is 2. The minimum absolute atomic E-state index is 0.125. The van der Waals surface area contributed by atoms with E-state index in [4.69, 9.17) is 30.5 Å². The lowest BCUT2D eigenvalue weighted by Gasteiger charge is -2.21. The molecule has 3 aromatic rings. The summed E-state index contributed by atoms with van der Waals surface area (Å²) in [7, 11) is 0. The van der Waals surface area contributed by atoms with Crippen molar-refractivity contribution in [2.24, 2.45) is 0 Å². The van der Waals surface area contributed by atoms with Crippen LogP contribution in [-0.4, -0.2) is 12.6 Å². The highest BCUT2D eigenvalue weighted by Gasteiger charge is 2.30. The Morgan fingerprint density at radius 3 is 2.81 bits per heavy atom. The quantitative estimate of drug-likeness (QED) is 0.492. The predicted molar refractivity (Wildman–Crippen MR) is 117 cm³/mol. The first kappa shape index (κ1) is 19.7. The topological polar surface area (TPSA) is 54.0 Å². The van der Waals surface area contributed by atoms with Crippen LogP contribution in [-0.2, 0) is 18.0 Å². The third kappa shape index (κ3) is 3.90. The van der Waals surface area contributed by atoms with Gasteiger partial charge in [0.05, 0.1) is 12.2 Å². The van der Waals surface area contributed by atoms with Gasteiger partial charge in [0.2, 0.25) is 5.78 Å². The normalized spacial score (nSPS) is 15.8. The van der Waals surface area contributed by atoms with E-state index in [2.05, 4.69) is 0 Å². The Labute approximate surface area is 184 Å². The number of ketones is 1. The first-order valence-corrected chi connectivity index (χ1v) is 10.2. The van der Waals surface area contributed by atoms with Gasteiger partial charge in [-0.15, -0.1) is 0 Å². The molecule has 2 aliphatic heterocycles. The summed E-state index contributed by atoms with van der Waals surface area (Å²) >= 11 is 6.23. The molecule has 0 atom stereocenters. The van der Waals surface area contributed by atoms with Crippen LogP contribution in [0, 0.1) is 6.92 Å². The molecule has 0 spiro atoms. The zero-order valence-electron chi connectivity index (χ0n) is 16.8. The van der Waals surface area contributed by atoms with Gasteiger partial charge in [0.1, 0.15) is 23.9 Å². The molecule has 0 saturated heterocycles. The van der Waals surface area contributed by atoms with E-state index in [-0.39, 0.29) is 19.2 Å². The van der Waals surface area contributed by atoms with Gasteiger partial charge < -0.3 is 18.9 Å². The second-order valence-electron chi connectivity index (χ2n) is 7.42. The highest BCUT2D eigenvalue weighted by molar-refractivity contribution is 6.30. The van der Waals surface area contributed by atoms with Gasteiger partial charge in [0.25, 0.3) is 0 Å². The van der Waals surface area contributed by atoms with Gasteiger partial charge in [-0.3, -0.25) is 4.79 Å². The van der Waals surface area contributed by atoms with E-state index in [0.29, 0.717) is 34.5 Å². The van der Waals surface area contributed by atoms with Crippen LogP contribution in [0.15, 0.2) is 60.4 Å². The molecule has 0 amide bonds.